The lowest BCUT2D eigenvalue weighted by Crippen LogP contribution is -1.89. The van der Waals surface area contributed by atoms with Gasteiger partial charge in [-0.15, -0.1) is 0 Å². The largest absolute Gasteiger partial charge is 0.494 e. The number of nitrogens with zero attached hydrogens (tertiary/aromatic N) is 1. The summed E-state index contributed by atoms with van der Waals surface area (Å²) >= 11 is 0. The number of ether oxygens (including phenoxy) is 1. The zero-order valence-electron chi connectivity index (χ0n) is 11.0. The van der Waals surface area contributed by atoms with Gasteiger partial charge in [-0.1, -0.05) is 36.4 Å². The average Bonchev–Trinajstić information content (AvgIpc) is 2.47. The van der Waals surface area contributed by atoms with Gasteiger partial charge in [0.15, 0.2) is 0 Å². The fourth-order valence-corrected chi connectivity index (χ4v) is 1.64. The monoisotopic (exact) mass is 251 g/mol. The molecule has 0 unspecified atom stereocenters. The van der Waals surface area contributed by atoms with Crippen LogP contribution in [0.5, 0.6) is 5.75 Å². The van der Waals surface area contributed by atoms with Gasteiger partial charge >= 0.3 is 0 Å². The lowest BCUT2D eigenvalue weighted by atomic mass is 10.2. The molecule has 0 atom stereocenters. The summed E-state index contributed by atoms with van der Waals surface area (Å²) in [6, 6.07) is 17.9. The van der Waals surface area contributed by atoms with E-state index in [-0.39, 0.29) is 0 Å². The Morgan fingerprint density at radius 2 is 1.74 bits per heavy atom. The predicted octanol–water partition coefficient (Wildman–Crippen LogP) is 4.50. The maximum absolute atomic E-state index is 5.38. The van der Waals surface area contributed by atoms with Gasteiger partial charge < -0.3 is 4.74 Å². The van der Waals surface area contributed by atoms with E-state index in [0.717, 1.165) is 11.4 Å². The number of hydrogen-bond donors (Lipinski definition) is 0. The molecule has 0 saturated carbocycles. The second-order valence-corrected chi connectivity index (χ2v) is 3.97. The summed E-state index contributed by atoms with van der Waals surface area (Å²) in [6.07, 6.45) is 5.76. The number of aliphatic imine (C=N–C) groups is 1. The van der Waals surface area contributed by atoms with Crippen molar-refractivity contribution < 1.29 is 4.74 Å². The molecule has 0 N–H and O–H groups in total. The van der Waals surface area contributed by atoms with Crippen molar-refractivity contribution in [3.05, 3.63) is 66.2 Å². The van der Waals surface area contributed by atoms with E-state index in [1.54, 1.807) is 6.21 Å². The number of rotatable bonds is 5. The van der Waals surface area contributed by atoms with Crippen molar-refractivity contribution in [2.75, 3.05) is 6.61 Å². The third kappa shape index (κ3) is 4.43. The molecule has 0 saturated heterocycles. The minimum atomic E-state index is 0.683. The van der Waals surface area contributed by atoms with Crippen LogP contribution < -0.4 is 4.74 Å². The molecule has 19 heavy (non-hydrogen) atoms. The van der Waals surface area contributed by atoms with Crippen molar-refractivity contribution in [2.45, 2.75) is 6.92 Å². The molecule has 0 aliphatic carbocycles. The summed E-state index contributed by atoms with van der Waals surface area (Å²) in [6.45, 7) is 2.66. The SMILES string of the molecule is CCOc1ccc(N=CC=Cc2ccccc2)cc1. The fourth-order valence-electron chi connectivity index (χ4n) is 1.64. The highest BCUT2D eigenvalue weighted by molar-refractivity contribution is 5.80. The maximum atomic E-state index is 5.38. The lowest BCUT2D eigenvalue weighted by molar-refractivity contribution is 0.340. The first kappa shape index (κ1) is 13.1. The minimum Gasteiger partial charge on any atom is -0.494 e. The number of benzene rings is 2. The molecule has 2 aromatic rings. The Labute approximate surface area is 114 Å². The summed E-state index contributed by atoms with van der Waals surface area (Å²) in [5.41, 5.74) is 2.09. The standard InChI is InChI=1S/C17H17NO/c1-2-19-17-12-10-16(11-13-17)18-14-6-9-15-7-4-3-5-8-15/h3-14H,2H2,1H3. The second-order valence-electron chi connectivity index (χ2n) is 3.97. The first-order valence-electron chi connectivity index (χ1n) is 6.37. The molecular weight excluding hydrogens is 234 g/mol. The van der Waals surface area contributed by atoms with Crippen molar-refractivity contribution in [1.82, 2.24) is 0 Å². The Morgan fingerprint density at radius 3 is 2.42 bits per heavy atom. The highest BCUT2D eigenvalue weighted by atomic mass is 16.5. The van der Waals surface area contributed by atoms with Crippen LogP contribution in [0.4, 0.5) is 5.69 Å². The zero-order valence-corrected chi connectivity index (χ0v) is 11.0. The van der Waals surface area contributed by atoms with Gasteiger partial charge in [-0.3, -0.25) is 4.99 Å². The molecule has 0 amide bonds. The molecule has 0 fully saturated rings. The first-order chi connectivity index (χ1) is 9.38. The highest BCUT2D eigenvalue weighted by Gasteiger charge is 1.91. The second kappa shape index (κ2) is 7.17. The molecule has 0 spiro atoms. The Morgan fingerprint density at radius 1 is 1.00 bits per heavy atom. The van der Waals surface area contributed by atoms with Gasteiger partial charge in [0.05, 0.1) is 12.3 Å². The predicted molar refractivity (Wildman–Crippen MR) is 81.2 cm³/mol. The van der Waals surface area contributed by atoms with Crippen molar-refractivity contribution in [3.8, 4) is 5.75 Å². The van der Waals surface area contributed by atoms with E-state index < -0.39 is 0 Å². The van der Waals surface area contributed by atoms with Crippen molar-refractivity contribution >= 4 is 18.0 Å². The summed E-state index contributed by atoms with van der Waals surface area (Å²) in [5, 5.41) is 0. The third-order valence-corrected chi connectivity index (χ3v) is 2.55. The van der Waals surface area contributed by atoms with Crippen LogP contribution in [0.3, 0.4) is 0 Å². The van der Waals surface area contributed by atoms with Crippen LogP contribution >= 0.6 is 0 Å². The lowest BCUT2D eigenvalue weighted by Gasteiger charge is -2.01. The van der Waals surface area contributed by atoms with Crippen LogP contribution in [0, 0.1) is 0 Å². The van der Waals surface area contributed by atoms with E-state index in [4.69, 9.17) is 4.74 Å². The number of hydrogen-bond acceptors (Lipinski definition) is 2. The van der Waals surface area contributed by atoms with Crippen LogP contribution in [0.25, 0.3) is 6.08 Å². The summed E-state index contributed by atoms with van der Waals surface area (Å²) < 4.78 is 5.38. The molecule has 0 aliphatic rings. The third-order valence-electron chi connectivity index (χ3n) is 2.55. The van der Waals surface area contributed by atoms with E-state index in [2.05, 4.69) is 17.1 Å². The van der Waals surface area contributed by atoms with E-state index in [0.29, 0.717) is 6.61 Å². The van der Waals surface area contributed by atoms with Crippen molar-refractivity contribution in [3.63, 3.8) is 0 Å². The first-order valence-corrected chi connectivity index (χ1v) is 6.37. The van der Waals surface area contributed by atoms with Crippen LogP contribution in [0.2, 0.25) is 0 Å². The normalized spacial score (nSPS) is 11.2. The Kier molecular flexibility index (Phi) is 4.94. The topological polar surface area (TPSA) is 21.6 Å². The van der Waals surface area contributed by atoms with Crippen molar-refractivity contribution in [2.24, 2.45) is 4.99 Å². The van der Waals surface area contributed by atoms with Gasteiger partial charge in [0, 0.05) is 6.21 Å². The Balaban J connectivity index is 1.93. The summed E-state index contributed by atoms with van der Waals surface area (Å²) in [7, 11) is 0. The quantitative estimate of drug-likeness (QED) is 0.717. The van der Waals surface area contributed by atoms with Crippen LogP contribution in [-0.4, -0.2) is 12.8 Å². The Hall–Kier alpha value is -2.35. The summed E-state index contributed by atoms with van der Waals surface area (Å²) in [4.78, 5) is 4.36. The molecule has 0 aliphatic heterocycles. The molecule has 96 valence electrons. The molecule has 0 radical (unpaired) electrons. The molecule has 2 heteroatoms. The van der Waals surface area contributed by atoms with Gasteiger partial charge in [-0.05, 0) is 42.8 Å². The molecule has 0 bridgehead atoms. The average molecular weight is 251 g/mol. The molecule has 2 aromatic carbocycles. The zero-order chi connectivity index (χ0) is 13.3. The van der Waals surface area contributed by atoms with Crippen LogP contribution in [-0.2, 0) is 0 Å². The molecule has 2 rings (SSSR count). The van der Waals surface area contributed by atoms with Crippen molar-refractivity contribution in [1.29, 1.82) is 0 Å². The molecule has 2 nitrogen and oxygen atoms in total. The van der Waals surface area contributed by atoms with Gasteiger partial charge in [0.25, 0.3) is 0 Å². The summed E-state index contributed by atoms with van der Waals surface area (Å²) in [5.74, 6) is 0.876. The van der Waals surface area contributed by atoms with E-state index in [1.807, 2.05) is 61.5 Å². The van der Waals surface area contributed by atoms with Crippen LogP contribution in [0.15, 0.2) is 65.7 Å². The minimum absolute atomic E-state index is 0.683. The smallest absolute Gasteiger partial charge is 0.119 e. The Bertz CT molecular complexity index is 541. The molecular formula is C17H17NO. The number of allylic oxidation sites excluding steroid dienone is 1. The molecule has 0 heterocycles. The van der Waals surface area contributed by atoms with Crippen LogP contribution in [0.1, 0.15) is 12.5 Å². The van der Waals surface area contributed by atoms with Gasteiger partial charge in [-0.2, -0.15) is 0 Å². The molecule has 0 aromatic heterocycles. The fraction of sp³-hybridized carbons (Fsp3) is 0.118. The van der Waals surface area contributed by atoms with E-state index in [1.165, 1.54) is 5.56 Å². The van der Waals surface area contributed by atoms with Gasteiger partial charge in [-0.25, -0.2) is 0 Å². The van der Waals surface area contributed by atoms with Gasteiger partial charge in [0.1, 0.15) is 5.75 Å². The van der Waals surface area contributed by atoms with E-state index >= 15 is 0 Å². The van der Waals surface area contributed by atoms with Gasteiger partial charge in [0.2, 0.25) is 0 Å². The van der Waals surface area contributed by atoms with E-state index in [9.17, 15) is 0 Å². The maximum Gasteiger partial charge on any atom is 0.119 e. The highest BCUT2D eigenvalue weighted by Crippen LogP contribution is 2.17.